The van der Waals surface area contributed by atoms with Crippen LogP contribution >= 0.6 is 0 Å². The highest BCUT2D eigenvalue weighted by molar-refractivity contribution is 5.79. The molecule has 0 aromatic heterocycles. The maximum Gasteiger partial charge on any atom is 0.226 e. The molecular formula is C22H31N3O2. The number of hydrogen-bond acceptors (Lipinski definition) is 3. The van der Waals surface area contributed by atoms with Gasteiger partial charge < -0.3 is 14.7 Å². The fraction of sp³-hybridized carbons (Fsp3) is 0.636. The van der Waals surface area contributed by atoms with E-state index in [9.17, 15) is 9.59 Å². The molecule has 0 aliphatic carbocycles. The van der Waals surface area contributed by atoms with Gasteiger partial charge in [-0.25, -0.2) is 0 Å². The Bertz CT molecular complexity index is 682. The first-order chi connectivity index (χ1) is 13.0. The summed E-state index contributed by atoms with van der Waals surface area (Å²) in [5.41, 5.74) is 1.31. The Morgan fingerprint density at radius 3 is 2.52 bits per heavy atom. The third-order valence-corrected chi connectivity index (χ3v) is 6.88. The summed E-state index contributed by atoms with van der Waals surface area (Å²) in [6.07, 6.45) is 5.32. The summed E-state index contributed by atoms with van der Waals surface area (Å²) in [5, 5.41) is 0. The lowest BCUT2D eigenvalue weighted by Gasteiger charge is -2.49. The number of hydrogen-bond donors (Lipinski definition) is 0. The fourth-order valence-electron chi connectivity index (χ4n) is 5.06. The summed E-state index contributed by atoms with van der Waals surface area (Å²) >= 11 is 0. The number of benzene rings is 1. The van der Waals surface area contributed by atoms with Gasteiger partial charge in [-0.05, 0) is 50.3 Å². The maximum absolute atomic E-state index is 12.7. The molecule has 146 valence electrons. The summed E-state index contributed by atoms with van der Waals surface area (Å²) in [7, 11) is 2.14. The number of carbonyl (C=O) groups excluding carboxylic acids is 2. The first kappa shape index (κ1) is 18.5. The van der Waals surface area contributed by atoms with Gasteiger partial charge in [-0.1, -0.05) is 30.3 Å². The number of likely N-dealkylation sites (tertiary alicyclic amines) is 3. The second-order valence-corrected chi connectivity index (χ2v) is 8.77. The highest BCUT2D eigenvalue weighted by atomic mass is 16.2. The van der Waals surface area contributed by atoms with Gasteiger partial charge >= 0.3 is 0 Å². The zero-order valence-corrected chi connectivity index (χ0v) is 16.4. The number of rotatable bonds is 3. The van der Waals surface area contributed by atoms with Crippen LogP contribution in [0.5, 0.6) is 0 Å². The van der Waals surface area contributed by atoms with Crippen molar-refractivity contribution in [3.63, 3.8) is 0 Å². The molecule has 1 aromatic carbocycles. The van der Waals surface area contributed by atoms with Crippen LogP contribution in [0.4, 0.5) is 0 Å². The summed E-state index contributed by atoms with van der Waals surface area (Å²) in [6, 6.07) is 10.4. The molecule has 5 nitrogen and oxygen atoms in total. The second kappa shape index (κ2) is 7.63. The molecule has 4 rings (SSSR count). The van der Waals surface area contributed by atoms with Crippen molar-refractivity contribution in [2.75, 3.05) is 39.8 Å². The molecule has 2 amide bonds. The molecule has 1 aromatic rings. The van der Waals surface area contributed by atoms with Crippen molar-refractivity contribution in [3.05, 3.63) is 35.9 Å². The van der Waals surface area contributed by atoms with Crippen LogP contribution in [-0.4, -0.2) is 72.3 Å². The predicted octanol–water partition coefficient (Wildman–Crippen LogP) is 2.16. The van der Waals surface area contributed by atoms with Crippen molar-refractivity contribution in [3.8, 4) is 0 Å². The zero-order valence-electron chi connectivity index (χ0n) is 16.4. The molecule has 1 atom stereocenters. The van der Waals surface area contributed by atoms with Crippen LogP contribution in [0, 0.1) is 5.41 Å². The maximum atomic E-state index is 12.7. The summed E-state index contributed by atoms with van der Waals surface area (Å²) < 4.78 is 0. The van der Waals surface area contributed by atoms with Gasteiger partial charge in [0.05, 0.1) is 6.42 Å². The Balaban J connectivity index is 1.35. The number of nitrogens with zero attached hydrogens (tertiary/aromatic N) is 3. The van der Waals surface area contributed by atoms with E-state index < -0.39 is 0 Å². The lowest BCUT2D eigenvalue weighted by Crippen LogP contribution is -2.55. The lowest BCUT2D eigenvalue weighted by molar-refractivity contribution is -0.144. The van der Waals surface area contributed by atoms with E-state index in [-0.39, 0.29) is 11.3 Å². The molecule has 5 heteroatoms. The van der Waals surface area contributed by atoms with Gasteiger partial charge in [0.15, 0.2) is 0 Å². The van der Waals surface area contributed by atoms with E-state index in [1.165, 1.54) is 0 Å². The fourth-order valence-corrected chi connectivity index (χ4v) is 5.06. The molecule has 3 fully saturated rings. The number of amides is 2. The smallest absolute Gasteiger partial charge is 0.226 e. The van der Waals surface area contributed by atoms with Crippen molar-refractivity contribution in [2.45, 2.75) is 44.6 Å². The standard InChI is InChI=1S/C22H31N3O2/c1-23-12-8-19(16-23)25-17-22(9-7-20(25)26)10-13-24(14-11-22)21(27)15-18-5-3-2-4-6-18/h2-6,19H,7-17H2,1H3/t19-/m1/s1. The van der Waals surface area contributed by atoms with E-state index in [1.807, 2.05) is 35.2 Å². The van der Waals surface area contributed by atoms with Gasteiger partial charge in [0.2, 0.25) is 11.8 Å². The van der Waals surface area contributed by atoms with Crippen LogP contribution in [0.15, 0.2) is 30.3 Å². The highest BCUT2D eigenvalue weighted by Crippen LogP contribution is 2.41. The molecule has 3 saturated heterocycles. The van der Waals surface area contributed by atoms with Crippen molar-refractivity contribution in [1.29, 1.82) is 0 Å². The predicted molar refractivity (Wildman–Crippen MR) is 105 cm³/mol. The second-order valence-electron chi connectivity index (χ2n) is 8.77. The molecule has 0 N–H and O–H groups in total. The number of piperidine rings is 2. The summed E-state index contributed by atoms with van der Waals surface area (Å²) in [5.74, 6) is 0.570. The lowest BCUT2D eigenvalue weighted by atomic mass is 9.72. The van der Waals surface area contributed by atoms with E-state index in [0.717, 1.165) is 64.0 Å². The molecule has 0 unspecified atom stereocenters. The highest BCUT2D eigenvalue weighted by Gasteiger charge is 2.44. The van der Waals surface area contributed by atoms with E-state index in [0.29, 0.717) is 24.8 Å². The van der Waals surface area contributed by atoms with E-state index >= 15 is 0 Å². The van der Waals surface area contributed by atoms with Crippen LogP contribution < -0.4 is 0 Å². The van der Waals surface area contributed by atoms with Crippen LogP contribution in [0.2, 0.25) is 0 Å². The van der Waals surface area contributed by atoms with Crippen molar-refractivity contribution >= 4 is 11.8 Å². The van der Waals surface area contributed by atoms with E-state index in [1.54, 1.807) is 0 Å². The van der Waals surface area contributed by atoms with Crippen molar-refractivity contribution in [1.82, 2.24) is 14.7 Å². The average molecular weight is 370 g/mol. The van der Waals surface area contributed by atoms with Gasteiger partial charge in [0.25, 0.3) is 0 Å². The Labute approximate surface area is 162 Å². The Morgan fingerprint density at radius 1 is 1.11 bits per heavy atom. The number of carbonyl (C=O) groups is 2. The average Bonchev–Trinajstić information content (AvgIpc) is 3.11. The van der Waals surface area contributed by atoms with Crippen LogP contribution in [0.25, 0.3) is 0 Å². The molecule has 0 radical (unpaired) electrons. The molecule has 1 spiro atoms. The van der Waals surface area contributed by atoms with Gasteiger partial charge in [0, 0.05) is 38.6 Å². The van der Waals surface area contributed by atoms with Crippen molar-refractivity contribution in [2.24, 2.45) is 5.41 Å². The first-order valence-corrected chi connectivity index (χ1v) is 10.3. The van der Waals surface area contributed by atoms with Gasteiger partial charge in [-0.2, -0.15) is 0 Å². The molecule has 3 aliphatic heterocycles. The van der Waals surface area contributed by atoms with Crippen LogP contribution in [-0.2, 0) is 16.0 Å². The first-order valence-electron chi connectivity index (χ1n) is 10.3. The van der Waals surface area contributed by atoms with Crippen molar-refractivity contribution < 1.29 is 9.59 Å². The normalized spacial score (nSPS) is 26.0. The third kappa shape index (κ3) is 4.03. The molecule has 0 bridgehead atoms. The largest absolute Gasteiger partial charge is 0.342 e. The molecule has 27 heavy (non-hydrogen) atoms. The van der Waals surface area contributed by atoms with Gasteiger partial charge in [-0.3, -0.25) is 9.59 Å². The Hall–Kier alpha value is -1.88. The minimum absolute atomic E-state index is 0.221. The minimum atomic E-state index is 0.221. The van der Waals surface area contributed by atoms with Gasteiger partial charge in [0.1, 0.15) is 0 Å². The minimum Gasteiger partial charge on any atom is -0.342 e. The summed E-state index contributed by atoms with van der Waals surface area (Å²) in [6.45, 7) is 4.65. The van der Waals surface area contributed by atoms with Crippen LogP contribution in [0.3, 0.4) is 0 Å². The molecular weight excluding hydrogens is 338 g/mol. The molecule has 0 saturated carbocycles. The zero-order chi connectivity index (χ0) is 18.9. The van der Waals surface area contributed by atoms with E-state index in [4.69, 9.17) is 0 Å². The van der Waals surface area contributed by atoms with Gasteiger partial charge in [-0.15, -0.1) is 0 Å². The summed E-state index contributed by atoms with van der Waals surface area (Å²) in [4.78, 5) is 31.7. The Morgan fingerprint density at radius 2 is 1.85 bits per heavy atom. The quantitative estimate of drug-likeness (QED) is 0.820. The van der Waals surface area contributed by atoms with E-state index in [2.05, 4.69) is 16.8 Å². The number of likely N-dealkylation sites (N-methyl/N-ethyl adjacent to an activating group) is 1. The SMILES string of the molecule is CN1CC[C@@H](N2CC3(CCC2=O)CCN(C(=O)Cc2ccccc2)CC3)C1. The Kier molecular flexibility index (Phi) is 5.22. The monoisotopic (exact) mass is 369 g/mol. The molecule has 3 heterocycles. The third-order valence-electron chi connectivity index (χ3n) is 6.88. The topological polar surface area (TPSA) is 43.9 Å². The molecule has 3 aliphatic rings. The van der Waals surface area contributed by atoms with Crippen LogP contribution in [0.1, 0.15) is 37.7 Å².